The van der Waals surface area contributed by atoms with Gasteiger partial charge in [-0.1, -0.05) is 12.1 Å². The van der Waals surface area contributed by atoms with E-state index in [2.05, 4.69) is 38.3 Å². The molecule has 4 aromatic rings. The van der Waals surface area contributed by atoms with Crippen molar-refractivity contribution in [3.05, 3.63) is 58.8 Å². The molecular formula is C28H29N7O3. The SMILES string of the molecule is CN1Cc2c(cnn2[C@@H]2CCOC2)-c2cccc(Nc3cc(NC(=O)C4CC4)nc4ccn(C)c(=O)c34)c21. The van der Waals surface area contributed by atoms with Crippen LogP contribution in [0.5, 0.6) is 0 Å². The number of carbonyl (C=O) groups is 1. The van der Waals surface area contributed by atoms with Crippen molar-refractivity contribution in [2.45, 2.75) is 31.8 Å². The summed E-state index contributed by atoms with van der Waals surface area (Å²) in [7, 11) is 3.79. The van der Waals surface area contributed by atoms with Gasteiger partial charge in [-0.2, -0.15) is 5.10 Å². The van der Waals surface area contributed by atoms with Gasteiger partial charge in [0, 0.05) is 50.0 Å². The molecule has 1 saturated heterocycles. The van der Waals surface area contributed by atoms with E-state index in [9.17, 15) is 9.59 Å². The highest BCUT2D eigenvalue weighted by molar-refractivity contribution is 6.00. The lowest BCUT2D eigenvalue weighted by Gasteiger charge is -2.31. The maximum Gasteiger partial charge on any atom is 0.261 e. The van der Waals surface area contributed by atoms with Crippen molar-refractivity contribution in [1.82, 2.24) is 19.3 Å². The second-order valence-electron chi connectivity index (χ2n) is 10.5. The summed E-state index contributed by atoms with van der Waals surface area (Å²) >= 11 is 0. The zero-order valence-corrected chi connectivity index (χ0v) is 21.4. The van der Waals surface area contributed by atoms with Gasteiger partial charge in [0.15, 0.2) is 0 Å². The van der Waals surface area contributed by atoms with E-state index in [1.54, 1.807) is 25.4 Å². The van der Waals surface area contributed by atoms with Crippen molar-refractivity contribution in [2.75, 3.05) is 35.8 Å². The summed E-state index contributed by atoms with van der Waals surface area (Å²) in [5.41, 5.74) is 6.25. The predicted octanol–water partition coefficient (Wildman–Crippen LogP) is 3.80. The minimum absolute atomic E-state index is 0.0272. The molecule has 2 fully saturated rings. The maximum atomic E-state index is 13.2. The van der Waals surface area contributed by atoms with Gasteiger partial charge in [-0.05, 0) is 31.4 Å². The summed E-state index contributed by atoms with van der Waals surface area (Å²) in [6, 6.07) is 9.95. The van der Waals surface area contributed by atoms with Crippen LogP contribution in [0.15, 0.2) is 47.5 Å². The van der Waals surface area contributed by atoms with Gasteiger partial charge in [0.05, 0.1) is 59.0 Å². The second-order valence-corrected chi connectivity index (χ2v) is 10.5. The first-order chi connectivity index (χ1) is 18.5. The van der Waals surface area contributed by atoms with Crippen LogP contribution in [0.25, 0.3) is 22.0 Å². The molecule has 1 aromatic carbocycles. The van der Waals surface area contributed by atoms with E-state index in [4.69, 9.17) is 9.84 Å². The Morgan fingerprint density at radius 1 is 1.11 bits per heavy atom. The van der Waals surface area contributed by atoms with Gasteiger partial charge < -0.3 is 24.8 Å². The van der Waals surface area contributed by atoms with Crippen LogP contribution < -0.4 is 21.1 Å². The number of para-hydroxylation sites is 1. The highest BCUT2D eigenvalue weighted by Gasteiger charge is 2.31. The molecule has 1 atom stereocenters. The Morgan fingerprint density at radius 3 is 2.76 bits per heavy atom. The molecule has 1 amide bonds. The highest BCUT2D eigenvalue weighted by atomic mass is 16.5. The number of hydrogen-bond donors (Lipinski definition) is 2. The molecule has 10 nitrogen and oxygen atoms in total. The van der Waals surface area contributed by atoms with Crippen LogP contribution in [0, 0.1) is 5.92 Å². The van der Waals surface area contributed by atoms with E-state index in [1.807, 2.05) is 18.3 Å². The molecule has 7 rings (SSSR count). The van der Waals surface area contributed by atoms with E-state index < -0.39 is 0 Å². The molecule has 10 heteroatoms. The molecule has 0 spiro atoms. The van der Waals surface area contributed by atoms with Gasteiger partial charge >= 0.3 is 0 Å². The van der Waals surface area contributed by atoms with E-state index >= 15 is 0 Å². The predicted molar refractivity (Wildman–Crippen MR) is 146 cm³/mol. The molecule has 1 aliphatic carbocycles. The Kier molecular flexibility index (Phi) is 5.26. The molecule has 1 saturated carbocycles. The lowest BCUT2D eigenvalue weighted by molar-refractivity contribution is -0.117. The number of fused-ring (bicyclic) bond motifs is 4. The number of rotatable bonds is 5. The van der Waals surface area contributed by atoms with Gasteiger partial charge in [-0.25, -0.2) is 4.98 Å². The largest absolute Gasteiger partial charge is 0.379 e. The number of aryl methyl sites for hydroxylation is 1. The molecule has 5 heterocycles. The third-order valence-electron chi connectivity index (χ3n) is 7.75. The molecule has 38 heavy (non-hydrogen) atoms. The Balaban J connectivity index is 1.32. The number of anilines is 4. The Bertz CT molecular complexity index is 1650. The first-order valence-corrected chi connectivity index (χ1v) is 13.0. The number of nitrogens with zero attached hydrogens (tertiary/aromatic N) is 5. The first kappa shape index (κ1) is 23.0. The molecule has 2 N–H and O–H groups in total. The summed E-state index contributed by atoms with van der Waals surface area (Å²) in [6.07, 6.45) is 6.42. The zero-order valence-electron chi connectivity index (χ0n) is 21.4. The van der Waals surface area contributed by atoms with Crippen molar-refractivity contribution >= 4 is 39.7 Å². The topological polar surface area (TPSA) is 106 Å². The van der Waals surface area contributed by atoms with Crippen LogP contribution in [0.3, 0.4) is 0 Å². The second kappa shape index (κ2) is 8.70. The number of benzene rings is 1. The number of aromatic nitrogens is 4. The summed E-state index contributed by atoms with van der Waals surface area (Å²) in [5.74, 6) is 0.458. The molecule has 2 aliphatic heterocycles. The molecule has 3 aliphatic rings. The Hall–Kier alpha value is -4.18. The fourth-order valence-corrected chi connectivity index (χ4v) is 5.59. The van der Waals surface area contributed by atoms with Crippen molar-refractivity contribution in [1.29, 1.82) is 0 Å². The molecule has 0 unspecified atom stereocenters. The van der Waals surface area contributed by atoms with Gasteiger partial charge in [0.2, 0.25) is 5.91 Å². The third-order valence-corrected chi connectivity index (χ3v) is 7.75. The molecule has 0 radical (unpaired) electrons. The third kappa shape index (κ3) is 3.75. The first-order valence-electron chi connectivity index (χ1n) is 13.0. The minimum Gasteiger partial charge on any atom is -0.379 e. The van der Waals surface area contributed by atoms with Crippen LogP contribution in [0.2, 0.25) is 0 Å². The summed E-state index contributed by atoms with van der Waals surface area (Å²) in [5, 5.41) is 11.7. The van der Waals surface area contributed by atoms with Crippen LogP contribution in [-0.2, 0) is 23.1 Å². The smallest absolute Gasteiger partial charge is 0.261 e. The van der Waals surface area contributed by atoms with E-state index in [1.165, 1.54) is 10.3 Å². The van der Waals surface area contributed by atoms with Crippen LogP contribution in [0.1, 0.15) is 31.0 Å². The number of amides is 1. The average Bonchev–Trinajstić information content (AvgIpc) is 3.46. The Labute approximate surface area is 219 Å². The number of ether oxygens (including phenoxy) is 1. The molecule has 3 aromatic heterocycles. The average molecular weight is 512 g/mol. The summed E-state index contributed by atoms with van der Waals surface area (Å²) in [4.78, 5) is 32.5. The van der Waals surface area contributed by atoms with Crippen LogP contribution >= 0.6 is 0 Å². The van der Waals surface area contributed by atoms with E-state index in [-0.39, 0.29) is 23.4 Å². The van der Waals surface area contributed by atoms with Crippen molar-refractivity contribution in [2.24, 2.45) is 13.0 Å². The summed E-state index contributed by atoms with van der Waals surface area (Å²) in [6.45, 7) is 2.16. The van der Waals surface area contributed by atoms with Crippen LogP contribution in [-0.4, -0.2) is 45.5 Å². The number of hydrogen-bond acceptors (Lipinski definition) is 7. The van der Waals surface area contributed by atoms with Gasteiger partial charge in [-0.3, -0.25) is 14.3 Å². The fraction of sp³-hybridized carbons (Fsp3) is 0.357. The standard InChI is InChI=1S/C28H29N7O3/c1-33-10-8-20-25(28(33)37)22(12-24(31-20)32-27(36)16-6-7-16)30-21-5-3-4-18-19-13-29-35(17-9-11-38-15-17)23(19)14-34(2)26(18)21/h3-5,8,10,12-13,16-17H,6-7,9,11,14-15H2,1-2H3,(H2,30,31,32,36)/t17-/m1/s1. The van der Waals surface area contributed by atoms with Gasteiger partial charge in [0.1, 0.15) is 5.82 Å². The number of carbonyl (C=O) groups excluding carboxylic acids is 1. The highest BCUT2D eigenvalue weighted by Crippen LogP contribution is 2.45. The molecule has 194 valence electrons. The Morgan fingerprint density at radius 2 is 1.97 bits per heavy atom. The van der Waals surface area contributed by atoms with Crippen molar-refractivity contribution < 1.29 is 9.53 Å². The fourth-order valence-electron chi connectivity index (χ4n) is 5.59. The van der Waals surface area contributed by atoms with Crippen molar-refractivity contribution in [3.8, 4) is 11.1 Å². The van der Waals surface area contributed by atoms with Gasteiger partial charge in [0.25, 0.3) is 5.56 Å². The van der Waals surface area contributed by atoms with Crippen molar-refractivity contribution in [3.63, 3.8) is 0 Å². The normalized spacial score (nSPS) is 18.4. The molecular weight excluding hydrogens is 482 g/mol. The monoisotopic (exact) mass is 511 g/mol. The number of pyridine rings is 2. The minimum atomic E-state index is -0.155. The zero-order chi connectivity index (χ0) is 26.0. The number of nitrogens with one attached hydrogen (secondary N) is 2. The lowest BCUT2D eigenvalue weighted by Crippen LogP contribution is -2.26. The van der Waals surface area contributed by atoms with Crippen LogP contribution in [0.4, 0.5) is 22.9 Å². The summed E-state index contributed by atoms with van der Waals surface area (Å²) < 4.78 is 9.28. The molecule has 0 bridgehead atoms. The lowest BCUT2D eigenvalue weighted by atomic mass is 9.97. The van der Waals surface area contributed by atoms with Gasteiger partial charge in [-0.15, -0.1) is 0 Å². The van der Waals surface area contributed by atoms with E-state index in [0.29, 0.717) is 35.6 Å². The van der Waals surface area contributed by atoms with E-state index in [0.717, 1.165) is 48.4 Å². The maximum absolute atomic E-state index is 13.2. The quantitative estimate of drug-likeness (QED) is 0.420.